The molecular weight excluding hydrogens is 160 g/mol. The highest BCUT2D eigenvalue weighted by atomic mass is 16.3. The van der Waals surface area contributed by atoms with Gasteiger partial charge in [0.15, 0.2) is 0 Å². The number of fused-ring (bicyclic) bond motifs is 1. The first-order valence-electron chi connectivity index (χ1n) is 4.81. The van der Waals surface area contributed by atoms with E-state index >= 15 is 0 Å². The van der Waals surface area contributed by atoms with E-state index in [1.807, 2.05) is 12.1 Å². The lowest BCUT2D eigenvalue weighted by Crippen LogP contribution is -1.98. The molecule has 1 heteroatoms. The lowest BCUT2D eigenvalue weighted by Gasteiger charge is -2.15. The predicted molar refractivity (Wildman–Crippen MR) is 54.7 cm³/mol. The lowest BCUT2D eigenvalue weighted by molar-refractivity contribution is 0.474. The Labute approximate surface area is 78.7 Å². The molecule has 1 aliphatic carbocycles. The van der Waals surface area contributed by atoms with Gasteiger partial charge in [0.25, 0.3) is 0 Å². The maximum Gasteiger partial charge on any atom is 0.115 e. The number of phenolic OH excluding ortho intramolecular Hbond substituents is 1. The minimum Gasteiger partial charge on any atom is -0.508 e. The SMILES string of the molecule is CCC1=Cc2ccc(O)cc2CC1. The van der Waals surface area contributed by atoms with Gasteiger partial charge in [-0.25, -0.2) is 0 Å². The van der Waals surface area contributed by atoms with Crippen molar-refractivity contribution in [3.05, 3.63) is 34.9 Å². The molecule has 1 nitrogen and oxygen atoms in total. The molecule has 68 valence electrons. The fourth-order valence-corrected chi connectivity index (χ4v) is 1.82. The molecule has 0 atom stereocenters. The van der Waals surface area contributed by atoms with E-state index < -0.39 is 0 Å². The molecule has 0 amide bonds. The molecular formula is C12H14O. The van der Waals surface area contributed by atoms with E-state index in [1.54, 1.807) is 6.07 Å². The van der Waals surface area contributed by atoms with Crippen LogP contribution in [0.3, 0.4) is 0 Å². The Balaban J connectivity index is 2.42. The number of benzene rings is 1. The molecule has 0 spiro atoms. The van der Waals surface area contributed by atoms with Crippen molar-refractivity contribution in [2.75, 3.05) is 0 Å². The largest absolute Gasteiger partial charge is 0.508 e. The Morgan fingerprint density at radius 3 is 2.92 bits per heavy atom. The second kappa shape index (κ2) is 3.25. The maximum atomic E-state index is 9.29. The Kier molecular flexibility index (Phi) is 2.09. The van der Waals surface area contributed by atoms with E-state index in [9.17, 15) is 5.11 Å². The molecule has 0 saturated heterocycles. The van der Waals surface area contributed by atoms with Crippen LogP contribution < -0.4 is 0 Å². The standard InChI is InChI=1S/C12H14O/c1-2-9-3-4-11-8-12(13)6-5-10(11)7-9/h5-8,13H,2-4H2,1H3. The summed E-state index contributed by atoms with van der Waals surface area (Å²) in [4.78, 5) is 0. The monoisotopic (exact) mass is 174 g/mol. The Morgan fingerprint density at radius 1 is 1.31 bits per heavy atom. The molecule has 1 aromatic carbocycles. The zero-order valence-corrected chi connectivity index (χ0v) is 7.88. The van der Waals surface area contributed by atoms with Gasteiger partial charge in [-0.1, -0.05) is 24.6 Å². The van der Waals surface area contributed by atoms with Crippen LogP contribution in [0.15, 0.2) is 23.8 Å². The average molecular weight is 174 g/mol. The first-order chi connectivity index (χ1) is 6.29. The molecule has 0 unspecified atom stereocenters. The molecule has 0 saturated carbocycles. The zero-order chi connectivity index (χ0) is 9.26. The van der Waals surface area contributed by atoms with Gasteiger partial charge in [-0.05, 0) is 42.5 Å². The quantitative estimate of drug-likeness (QED) is 0.693. The van der Waals surface area contributed by atoms with Gasteiger partial charge >= 0.3 is 0 Å². The van der Waals surface area contributed by atoms with Gasteiger partial charge in [0, 0.05) is 0 Å². The third-order valence-electron chi connectivity index (χ3n) is 2.66. The normalized spacial score (nSPS) is 15.0. The summed E-state index contributed by atoms with van der Waals surface area (Å²) < 4.78 is 0. The van der Waals surface area contributed by atoms with Gasteiger partial charge in [-0.2, -0.15) is 0 Å². The summed E-state index contributed by atoms with van der Waals surface area (Å²) >= 11 is 0. The van der Waals surface area contributed by atoms with Crippen molar-refractivity contribution in [1.82, 2.24) is 0 Å². The number of hydrogen-bond donors (Lipinski definition) is 1. The molecule has 13 heavy (non-hydrogen) atoms. The highest BCUT2D eigenvalue weighted by molar-refractivity contribution is 5.60. The van der Waals surface area contributed by atoms with Crippen LogP contribution in [-0.4, -0.2) is 5.11 Å². The molecule has 0 radical (unpaired) electrons. The van der Waals surface area contributed by atoms with Crippen molar-refractivity contribution in [1.29, 1.82) is 0 Å². The number of aromatic hydroxyl groups is 1. The van der Waals surface area contributed by atoms with Crippen molar-refractivity contribution in [3.63, 3.8) is 0 Å². The third-order valence-corrected chi connectivity index (χ3v) is 2.66. The molecule has 0 aromatic heterocycles. The fourth-order valence-electron chi connectivity index (χ4n) is 1.82. The van der Waals surface area contributed by atoms with Gasteiger partial charge in [0.2, 0.25) is 0 Å². The average Bonchev–Trinajstić information content (AvgIpc) is 2.17. The topological polar surface area (TPSA) is 20.2 Å². The van der Waals surface area contributed by atoms with E-state index in [0.717, 1.165) is 19.3 Å². The minimum atomic E-state index is 0.382. The zero-order valence-electron chi connectivity index (χ0n) is 7.88. The molecule has 1 N–H and O–H groups in total. The van der Waals surface area contributed by atoms with Crippen LogP contribution in [-0.2, 0) is 6.42 Å². The molecule has 2 rings (SSSR count). The molecule has 1 aliphatic rings. The van der Waals surface area contributed by atoms with E-state index in [2.05, 4.69) is 13.0 Å². The van der Waals surface area contributed by atoms with E-state index in [1.165, 1.54) is 16.7 Å². The summed E-state index contributed by atoms with van der Waals surface area (Å²) in [6.45, 7) is 2.19. The van der Waals surface area contributed by atoms with Gasteiger partial charge in [0.1, 0.15) is 5.75 Å². The van der Waals surface area contributed by atoms with Crippen LogP contribution in [0, 0.1) is 0 Å². The third kappa shape index (κ3) is 1.59. The summed E-state index contributed by atoms with van der Waals surface area (Å²) in [5.41, 5.74) is 4.07. The van der Waals surface area contributed by atoms with Crippen LogP contribution in [0.1, 0.15) is 30.9 Å². The molecule has 0 heterocycles. The summed E-state index contributed by atoms with van der Waals surface area (Å²) in [7, 11) is 0. The van der Waals surface area contributed by atoms with E-state index in [0.29, 0.717) is 5.75 Å². The van der Waals surface area contributed by atoms with Crippen LogP contribution in [0.25, 0.3) is 6.08 Å². The van der Waals surface area contributed by atoms with Crippen molar-refractivity contribution >= 4 is 6.08 Å². The number of allylic oxidation sites excluding steroid dienone is 1. The van der Waals surface area contributed by atoms with Crippen molar-refractivity contribution in [2.24, 2.45) is 0 Å². The van der Waals surface area contributed by atoms with Gasteiger partial charge in [0.05, 0.1) is 0 Å². The highest BCUT2D eigenvalue weighted by Crippen LogP contribution is 2.27. The summed E-state index contributed by atoms with van der Waals surface area (Å²) in [5, 5.41) is 9.29. The van der Waals surface area contributed by atoms with Crippen molar-refractivity contribution in [3.8, 4) is 5.75 Å². The lowest BCUT2D eigenvalue weighted by atomic mass is 9.91. The minimum absolute atomic E-state index is 0.382. The predicted octanol–water partition coefficient (Wildman–Crippen LogP) is 3.13. The Morgan fingerprint density at radius 2 is 2.15 bits per heavy atom. The number of phenols is 1. The van der Waals surface area contributed by atoms with Crippen molar-refractivity contribution < 1.29 is 5.11 Å². The number of hydrogen-bond acceptors (Lipinski definition) is 1. The van der Waals surface area contributed by atoms with Crippen molar-refractivity contribution in [2.45, 2.75) is 26.2 Å². The number of rotatable bonds is 1. The number of aryl methyl sites for hydroxylation is 1. The van der Waals surface area contributed by atoms with Crippen LogP contribution >= 0.6 is 0 Å². The first-order valence-corrected chi connectivity index (χ1v) is 4.81. The van der Waals surface area contributed by atoms with Gasteiger partial charge in [-0.3, -0.25) is 0 Å². The van der Waals surface area contributed by atoms with Crippen LogP contribution in [0.2, 0.25) is 0 Å². The molecule has 0 aliphatic heterocycles. The molecule has 1 aromatic rings. The molecule has 0 bridgehead atoms. The Bertz CT molecular complexity index is 350. The maximum absolute atomic E-state index is 9.29. The summed E-state index contributed by atoms with van der Waals surface area (Å²) in [5.74, 6) is 0.382. The fraction of sp³-hybridized carbons (Fsp3) is 0.333. The second-order valence-corrected chi connectivity index (χ2v) is 3.54. The summed E-state index contributed by atoms with van der Waals surface area (Å²) in [6, 6.07) is 5.63. The Hall–Kier alpha value is -1.24. The highest BCUT2D eigenvalue weighted by Gasteiger charge is 2.09. The van der Waals surface area contributed by atoms with E-state index in [4.69, 9.17) is 0 Å². The van der Waals surface area contributed by atoms with Gasteiger partial charge in [-0.15, -0.1) is 0 Å². The molecule has 0 fully saturated rings. The van der Waals surface area contributed by atoms with E-state index in [-0.39, 0.29) is 0 Å². The van der Waals surface area contributed by atoms with Gasteiger partial charge < -0.3 is 5.11 Å². The van der Waals surface area contributed by atoms with Crippen LogP contribution in [0.4, 0.5) is 0 Å². The second-order valence-electron chi connectivity index (χ2n) is 3.54. The first kappa shape index (κ1) is 8.36. The van der Waals surface area contributed by atoms with Crippen LogP contribution in [0.5, 0.6) is 5.75 Å². The summed E-state index contributed by atoms with van der Waals surface area (Å²) in [6.07, 6.45) is 5.61. The smallest absolute Gasteiger partial charge is 0.115 e.